The summed E-state index contributed by atoms with van der Waals surface area (Å²) in [7, 11) is 1.63. The quantitative estimate of drug-likeness (QED) is 0.836. The Labute approximate surface area is 123 Å². The molecule has 0 aliphatic carbocycles. The average molecular weight is 340 g/mol. The minimum atomic E-state index is 0.421. The van der Waals surface area contributed by atoms with Gasteiger partial charge in [0.25, 0.3) is 5.19 Å². The molecular weight excluding hydrogens is 330 g/mol. The highest BCUT2D eigenvalue weighted by Crippen LogP contribution is 2.28. The van der Waals surface area contributed by atoms with E-state index in [9.17, 15) is 0 Å². The Morgan fingerprint density at radius 1 is 1.47 bits per heavy atom. The van der Waals surface area contributed by atoms with Gasteiger partial charge in [0.1, 0.15) is 17.6 Å². The average Bonchev–Trinajstić information content (AvgIpc) is 2.86. The second-order valence-electron chi connectivity index (χ2n) is 3.57. The van der Waals surface area contributed by atoms with Crippen molar-refractivity contribution in [2.24, 2.45) is 0 Å². The van der Waals surface area contributed by atoms with E-state index in [1.165, 1.54) is 0 Å². The van der Waals surface area contributed by atoms with E-state index < -0.39 is 0 Å². The molecule has 7 heteroatoms. The lowest BCUT2D eigenvalue weighted by molar-refractivity contribution is 0.200. The molecule has 2 rings (SSSR count). The van der Waals surface area contributed by atoms with Gasteiger partial charge in [-0.1, -0.05) is 15.9 Å². The number of hydrogen-bond donors (Lipinski definition) is 0. The molecule has 0 aliphatic heterocycles. The third-order valence-electron chi connectivity index (χ3n) is 2.24. The molecule has 1 aromatic heterocycles. The molecule has 1 aromatic carbocycles. The number of nitrogens with zero attached hydrogens (tertiary/aromatic N) is 3. The van der Waals surface area contributed by atoms with Crippen LogP contribution in [-0.4, -0.2) is 23.1 Å². The molecule has 0 bridgehead atoms. The SMILES string of the molecule is COCCc1nsc(Oc2ccc(Br)cc2C#N)n1. The van der Waals surface area contributed by atoms with Crippen LogP contribution in [0.15, 0.2) is 22.7 Å². The van der Waals surface area contributed by atoms with E-state index in [-0.39, 0.29) is 0 Å². The van der Waals surface area contributed by atoms with E-state index >= 15 is 0 Å². The molecule has 0 amide bonds. The number of nitriles is 1. The molecule has 0 saturated carbocycles. The number of rotatable bonds is 5. The summed E-state index contributed by atoms with van der Waals surface area (Å²) in [6, 6.07) is 7.31. The van der Waals surface area contributed by atoms with Gasteiger partial charge in [-0.15, -0.1) is 0 Å². The molecule has 0 aliphatic rings. The molecule has 0 N–H and O–H groups in total. The summed E-state index contributed by atoms with van der Waals surface area (Å²) in [6.07, 6.45) is 0.641. The lowest BCUT2D eigenvalue weighted by atomic mass is 10.2. The molecule has 19 heavy (non-hydrogen) atoms. The molecule has 1 heterocycles. The largest absolute Gasteiger partial charge is 0.428 e. The fourth-order valence-electron chi connectivity index (χ4n) is 1.35. The molecule has 2 aromatic rings. The Kier molecular flexibility index (Phi) is 4.85. The van der Waals surface area contributed by atoms with Crippen molar-refractivity contribution in [3.63, 3.8) is 0 Å². The predicted molar refractivity (Wildman–Crippen MR) is 74.4 cm³/mol. The first-order valence-electron chi connectivity index (χ1n) is 5.42. The van der Waals surface area contributed by atoms with Crippen LogP contribution in [-0.2, 0) is 11.2 Å². The van der Waals surface area contributed by atoms with Gasteiger partial charge in [0.15, 0.2) is 0 Å². The van der Waals surface area contributed by atoms with Gasteiger partial charge in [0.05, 0.1) is 12.2 Å². The Balaban J connectivity index is 2.13. The first-order chi connectivity index (χ1) is 9.22. The van der Waals surface area contributed by atoms with Gasteiger partial charge in [-0.2, -0.15) is 14.6 Å². The molecule has 5 nitrogen and oxygen atoms in total. The van der Waals surface area contributed by atoms with Crippen LogP contribution in [0.3, 0.4) is 0 Å². The summed E-state index contributed by atoms with van der Waals surface area (Å²) in [5.41, 5.74) is 0.447. The van der Waals surface area contributed by atoms with Crippen LogP contribution in [0.4, 0.5) is 0 Å². The standard InChI is InChI=1S/C12H10BrN3O2S/c1-17-5-4-11-15-12(19-16-11)18-10-3-2-9(13)6-8(10)7-14/h2-3,6H,4-5H2,1H3. The molecule has 0 radical (unpaired) electrons. The monoisotopic (exact) mass is 339 g/mol. The molecule has 0 unspecified atom stereocenters. The lowest BCUT2D eigenvalue weighted by Gasteiger charge is -2.03. The van der Waals surface area contributed by atoms with Gasteiger partial charge in [-0.3, -0.25) is 0 Å². The minimum absolute atomic E-state index is 0.421. The Morgan fingerprint density at radius 3 is 3.05 bits per heavy atom. The fraction of sp³-hybridized carbons (Fsp3) is 0.250. The van der Waals surface area contributed by atoms with Crippen LogP contribution in [0, 0.1) is 11.3 Å². The number of benzene rings is 1. The van der Waals surface area contributed by atoms with Crippen molar-refractivity contribution >= 4 is 27.5 Å². The Bertz CT molecular complexity index is 609. The molecule has 98 valence electrons. The zero-order chi connectivity index (χ0) is 13.7. The van der Waals surface area contributed by atoms with Crippen molar-refractivity contribution in [1.82, 2.24) is 9.36 Å². The van der Waals surface area contributed by atoms with Gasteiger partial charge in [0.2, 0.25) is 0 Å². The number of hydrogen-bond acceptors (Lipinski definition) is 6. The van der Waals surface area contributed by atoms with E-state index in [1.807, 2.05) is 6.07 Å². The van der Waals surface area contributed by atoms with Crippen molar-refractivity contribution in [3.05, 3.63) is 34.1 Å². The van der Waals surface area contributed by atoms with Crippen LogP contribution in [0.2, 0.25) is 0 Å². The molecule has 0 atom stereocenters. The van der Waals surface area contributed by atoms with Crippen LogP contribution < -0.4 is 4.74 Å². The van der Waals surface area contributed by atoms with Crippen molar-refractivity contribution in [3.8, 4) is 17.0 Å². The van der Waals surface area contributed by atoms with E-state index in [0.29, 0.717) is 35.4 Å². The zero-order valence-corrected chi connectivity index (χ0v) is 12.5. The van der Waals surface area contributed by atoms with Crippen molar-refractivity contribution in [1.29, 1.82) is 5.26 Å². The topological polar surface area (TPSA) is 68.0 Å². The van der Waals surface area contributed by atoms with Crippen molar-refractivity contribution in [2.45, 2.75) is 6.42 Å². The molecule has 0 saturated heterocycles. The summed E-state index contributed by atoms with van der Waals surface area (Å²) in [4.78, 5) is 4.22. The second kappa shape index (κ2) is 6.61. The summed E-state index contributed by atoms with van der Waals surface area (Å²) in [5.74, 6) is 1.15. The van der Waals surface area contributed by atoms with Crippen LogP contribution >= 0.6 is 27.5 Å². The number of ether oxygens (including phenoxy) is 2. The van der Waals surface area contributed by atoms with Crippen molar-refractivity contribution < 1.29 is 9.47 Å². The predicted octanol–water partition coefficient (Wildman–Crippen LogP) is 3.15. The third-order valence-corrected chi connectivity index (χ3v) is 3.36. The van der Waals surface area contributed by atoms with Gasteiger partial charge in [0, 0.05) is 29.5 Å². The third kappa shape index (κ3) is 3.73. The smallest absolute Gasteiger partial charge is 0.298 e. The first kappa shape index (κ1) is 13.9. The highest BCUT2D eigenvalue weighted by Gasteiger charge is 2.09. The number of halogens is 1. The van der Waals surface area contributed by atoms with Gasteiger partial charge in [-0.05, 0) is 18.2 Å². The highest BCUT2D eigenvalue weighted by molar-refractivity contribution is 9.10. The molecule has 0 spiro atoms. The maximum absolute atomic E-state index is 9.04. The van der Waals surface area contributed by atoms with Gasteiger partial charge < -0.3 is 9.47 Å². The Morgan fingerprint density at radius 2 is 2.32 bits per heavy atom. The highest BCUT2D eigenvalue weighted by atomic mass is 79.9. The van der Waals surface area contributed by atoms with E-state index in [1.54, 1.807) is 19.2 Å². The van der Waals surface area contributed by atoms with E-state index in [2.05, 4.69) is 31.4 Å². The number of methoxy groups -OCH3 is 1. The van der Waals surface area contributed by atoms with Gasteiger partial charge in [-0.25, -0.2) is 0 Å². The zero-order valence-electron chi connectivity index (χ0n) is 10.1. The number of aromatic nitrogens is 2. The summed E-state index contributed by atoms with van der Waals surface area (Å²) in [6.45, 7) is 0.567. The molecular formula is C12H10BrN3O2S. The summed E-state index contributed by atoms with van der Waals surface area (Å²) >= 11 is 4.47. The fourth-order valence-corrected chi connectivity index (χ4v) is 2.30. The van der Waals surface area contributed by atoms with Crippen LogP contribution in [0.5, 0.6) is 10.9 Å². The van der Waals surface area contributed by atoms with E-state index in [4.69, 9.17) is 14.7 Å². The maximum Gasteiger partial charge on any atom is 0.298 e. The summed E-state index contributed by atoms with van der Waals surface area (Å²) in [5, 5.41) is 9.46. The molecule has 0 fully saturated rings. The van der Waals surface area contributed by atoms with Gasteiger partial charge >= 0.3 is 0 Å². The second-order valence-corrected chi connectivity index (χ2v) is 5.20. The van der Waals surface area contributed by atoms with E-state index in [0.717, 1.165) is 16.0 Å². The van der Waals surface area contributed by atoms with Crippen molar-refractivity contribution in [2.75, 3.05) is 13.7 Å². The van der Waals surface area contributed by atoms with Crippen LogP contribution in [0.25, 0.3) is 0 Å². The normalized spacial score (nSPS) is 10.2. The Hall–Kier alpha value is -1.49. The first-order valence-corrected chi connectivity index (χ1v) is 6.98. The van der Waals surface area contributed by atoms with Crippen LogP contribution in [0.1, 0.15) is 11.4 Å². The maximum atomic E-state index is 9.04. The summed E-state index contributed by atoms with van der Waals surface area (Å²) < 4.78 is 15.5. The minimum Gasteiger partial charge on any atom is -0.428 e. The lowest BCUT2D eigenvalue weighted by Crippen LogP contribution is -1.96.